The van der Waals surface area contributed by atoms with Gasteiger partial charge in [-0.25, -0.2) is 0 Å². The Morgan fingerprint density at radius 3 is 2.69 bits per heavy atom. The van der Waals surface area contributed by atoms with Gasteiger partial charge in [0.2, 0.25) is 0 Å². The van der Waals surface area contributed by atoms with Crippen LogP contribution in [0.1, 0.15) is 5.56 Å². The second-order valence-corrected chi connectivity index (χ2v) is 4.04. The predicted molar refractivity (Wildman–Crippen MR) is 58.0 cm³/mol. The van der Waals surface area contributed by atoms with Crippen LogP contribution in [0.5, 0.6) is 5.75 Å². The zero-order valence-electron chi connectivity index (χ0n) is 7.21. The summed E-state index contributed by atoms with van der Waals surface area (Å²) in [5.74, 6) is 0.322. The summed E-state index contributed by atoms with van der Waals surface area (Å²) in [5.41, 5.74) is 1.10. The fraction of sp³-hybridized carbons (Fsp3) is 0.0909. The first-order valence-electron chi connectivity index (χ1n) is 4.06. The lowest BCUT2D eigenvalue weighted by atomic mass is 10.1. The standard InChI is InChI=1S/C11H9BrO/c1-7-4-10(13)6-8-5-9(12)2-3-11(7)8/h2-6,13H,1H3. The van der Waals surface area contributed by atoms with E-state index in [2.05, 4.69) is 15.9 Å². The Labute approximate surface area is 85.1 Å². The molecule has 2 aromatic rings. The normalized spacial score (nSPS) is 10.6. The molecule has 0 unspecified atom stereocenters. The topological polar surface area (TPSA) is 20.2 Å². The molecule has 0 radical (unpaired) electrons. The quantitative estimate of drug-likeness (QED) is 0.741. The summed E-state index contributed by atoms with van der Waals surface area (Å²) in [5, 5.41) is 11.6. The van der Waals surface area contributed by atoms with Crippen LogP contribution in [0.3, 0.4) is 0 Å². The Morgan fingerprint density at radius 1 is 1.15 bits per heavy atom. The van der Waals surface area contributed by atoms with Gasteiger partial charge in [-0.05, 0) is 47.5 Å². The average Bonchev–Trinajstić information content (AvgIpc) is 2.02. The van der Waals surface area contributed by atoms with E-state index in [0.717, 1.165) is 15.4 Å². The number of hydrogen-bond donors (Lipinski definition) is 1. The largest absolute Gasteiger partial charge is 0.508 e. The van der Waals surface area contributed by atoms with Gasteiger partial charge in [0, 0.05) is 4.47 Å². The highest BCUT2D eigenvalue weighted by molar-refractivity contribution is 9.10. The minimum absolute atomic E-state index is 0.322. The molecule has 2 aromatic carbocycles. The lowest BCUT2D eigenvalue weighted by Gasteiger charge is -2.03. The fourth-order valence-corrected chi connectivity index (χ4v) is 1.89. The Morgan fingerprint density at radius 2 is 1.92 bits per heavy atom. The molecule has 1 N–H and O–H groups in total. The molecule has 0 aliphatic rings. The van der Waals surface area contributed by atoms with E-state index in [1.807, 2.05) is 25.1 Å². The van der Waals surface area contributed by atoms with Crippen LogP contribution < -0.4 is 0 Å². The molecular weight excluding hydrogens is 228 g/mol. The second kappa shape index (κ2) is 3.04. The van der Waals surface area contributed by atoms with Crippen molar-refractivity contribution in [3.63, 3.8) is 0 Å². The SMILES string of the molecule is Cc1cc(O)cc2cc(Br)ccc12. The van der Waals surface area contributed by atoms with Gasteiger partial charge in [0.1, 0.15) is 5.75 Å². The average molecular weight is 237 g/mol. The maximum Gasteiger partial charge on any atom is 0.116 e. The first-order valence-corrected chi connectivity index (χ1v) is 4.85. The summed E-state index contributed by atoms with van der Waals surface area (Å²) < 4.78 is 1.03. The highest BCUT2D eigenvalue weighted by Crippen LogP contribution is 2.26. The van der Waals surface area contributed by atoms with Gasteiger partial charge >= 0.3 is 0 Å². The van der Waals surface area contributed by atoms with Crippen molar-refractivity contribution in [1.29, 1.82) is 0 Å². The van der Waals surface area contributed by atoms with Gasteiger partial charge in [0.25, 0.3) is 0 Å². The summed E-state index contributed by atoms with van der Waals surface area (Å²) in [6, 6.07) is 9.60. The number of aryl methyl sites for hydroxylation is 1. The van der Waals surface area contributed by atoms with Crippen LogP contribution in [0, 0.1) is 6.92 Å². The van der Waals surface area contributed by atoms with Crippen LogP contribution in [-0.2, 0) is 0 Å². The fourth-order valence-electron chi connectivity index (χ4n) is 1.51. The summed E-state index contributed by atoms with van der Waals surface area (Å²) in [7, 11) is 0. The molecule has 0 aliphatic heterocycles. The van der Waals surface area contributed by atoms with Crippen molar-refractivity contribution >= 4 is 26.7 Å². The van der Waals surface area contributed by atoms with Crippen molar-refractivity contribution in [2.45, 2.75) is 6.92 Å². The summed E-state index contributed by atoms with van der Waals surface area (Å²) in [6.07, 6.45) is 0. The lowest BCUT2D eigenvalue weighted by molar-refractivity contribution is 0.476. The molecule has 0 aromatic heterocycles. The maximum absolute atomic E-state index is 9.39. The molecule has 0 saturated carbocycles. The number of benzene rings is 2. The van der Waals surface area contributed by atoms with Crippen molar-refractivity contribution < 1.29 is 5.11 Å². The molecule has 0 atom stereocenters. The van der Waals surface area contributed by atoms with E-state index in [1.54, 1.807) is 12.1 Å². The molecule has 0 bridgehead atoms. The van der Waals surface area contributed by atoms with Gasteiger partial charge in [-0.1, -0.05) is 22.0 Å². The summed E-state index contributed by atoms with van der Waals surface area (Å²) in [6.45, 7) is 2.00. The van der Waals surface area contributed by atoms with Crippen molar-refractivity contribution in [3.8, 4) is 5.75 Å². The Hall–Kier alpha value is -1.02. The van der Waals surface area contributed by atoms with E-state index in [4.69, 9.17) is 0 Å². The van der Waals surface area contributed by atoms with E-state index < -0.39 is 0 Å². The molecule has 66 valence electrons. The van der Waals surface area contributed by atoms with Crippen LogP contribution in [0.15, 0.2) is 34.8 Å². The molecule has 0 aliphatic carbocycles. The van der Waals surface area contributed by atoms with Gasteiger partial charge < -0.3 is 5.11 Å². The van der Waals surface area contributed by atoms with Crippen molar-refractivity contribution in [2.24, 2.45) is 0 Å². The van der Waals surface area contributed by atoms with Gasteiger partial charge in [-0.15, -0.1) is 0 Å². The molecule has 0 fully saturated rings. The maximum atomic E-state index is 9.39. The Bertz CT molecular complexity index is 458. The molecular formula is C11H9BrO. The van der Waals surface area contributed by atoms with E-state index in [0.29, 0.717) is 5.75 Å². The molecule has 0 heterocycles. The van der Waals surface area contributed by atoms with Crippen LogP contribution in [0.25, 0.3) is 10.8 Å². The molecule has 2 rings (SSSR count). The van der Waals surface area contributed by atoms with Crippen LogP contribution in [-0.4, -0.2) is 5.11 Å². The van der Waals surface area contributed by atoms with E-state index in [-0.39, 0.29) is 0 Å². The summed E-state index contributed by atoms with van der Waals surface area (Å²) in [4.78, 5) is 0. The number of halogens is 1. The monoisotopic (exact) mass is 236 g/mol. The van der Waals surface area contributed by atoms with Gasteiger partial charge in [-0.2, -0.15) is 0 Å². The predicted octanol–water partition coefficient (Wildman–Crippen LogP) is 3.62. The zero-order valence-corrected chi connectivity index (χ0v) is 8.80. The molecule has 0 amide bonds. The highest BCUT2D eigenvalue weighted by atomic mass is 79.9. The van der Waals surface area contributed by atoms with Crippen LogP contribution in [0.2, 0.25) is 0 Å². The van der Waals surface area contributed by atoms with E-state index >= 15 is 0 Å². The lowest BCUT2D eigenvalue weighted by Crippen LogP contribution is -1.78. The Kier molecular flexibility index (Phi) is 2.00. The number of rotatable bonds is 0. The second-order valence-electron chi connectivity index (χ2n) is 3.13. The third kappa shape index (κ3) is 1.54. The van der Waals surface area contributed by atoms with Crippen LogP contribution in [0.4, 0.5) is 0 Å². The van der Waals surface area contributed by atoms with Crippen LogP contribution >= 0.6 is 15.9 Å². The first-order chi connectivity index (χ1) is 6.16. The van der Waals surface area contributed by atoms with Gasteiger partial charge in [0.15, 0.2) is 0 Å². The zero-order chi connectivity index (χ0) is 9.42. The number of aromatic hydroxyl groups is 1. The van der Waals surface area contributed by atoms with Crippen molar-refractivity contribution in [1.82, 2.24) is 0 Å². The minimum atomic E-state index is 0.322. The van der Waals surface area contributed by atoms with Gasteiger partial charge in [0.05, 0.1) is 0 Å². The van der Waals surface area contributed by atoms with E-state index in [1.165, 1.54) is 5.39 Å². The molecule has 0 saturated heterocycles. The van der Waals surface area contributed by atoms with E-state index in [9.17, 15) is 5.11 Å². The van der Waals surface area contributed by atoms with Crippen molar-refractivity contribution in [2.75, 3.05) is 0 Å². The molecule has 1 nitrogen and oxygen atoms in total. The first kappa shape index (κ1) is 8.57. The minimum Gasteiger partial charge on any atom is -0.508 e. The Balaban J connectivity index is 2.86. The molecule has 2 heteroatoms. The third-order valence-electron chi connectivity index (χ3n) is 2.11. The third-order valence-corrected chi connectivity index (χ3v) is 2.60. The number of fused-ring (bicyclic) bond motifs is 1. The highest BCUT2D eigenvalue weighted by Gasteiger charge is 1.99. The molecule has 13 heavy (non-hydrogen) atoms. The summed E-state index contributed by atoms with van der Waals surface area (Å²) >= 11 is 3.40. The smallest absolute Gasteiger partial charge is 0.116 e. The molecule has 0 spiro atoms. The number of phenolic OH excluding ortho intramolecular Hbond substituents is 1. The van der Waals surface area contributed by atoms with Gasteiger partial charge in [-0.3, -0.25) is 0 Å². The number of hydrogen-bond acceptors (Lipinski definition) is 1. The van der Waals surface area contributed by atoms with Crippen molar-refractivity contribution in [3.05, 3.63) is 40.4 Å². The number of phenols is 1.